The van der Waals surface area contributed by atoms with E-state index in [0.29, 0.717) is 0 Å². The third-order valence-electron chi connectivity index (χ3n) is 13.6. The summed E-state index contributed by atoms with van der Waals surface area (Å²) in [7, 11) is 0. The third-order valence-corrected chi connectivity index (χ3v) is 13.6. The molecule has 0 saturated heterocycles. The van der Waals surface area contributed by atoms with Gasteiger partial charge in [0.1, 0.15) is 0 Å². The first-order valence-corrected chi connectivity index (χ1v) is 23.9. The minimum atomic E-state index is 1.06. The Bertz CT molecular complexity index is 3780. The van der Waals surface area contributed by atoms with Gasteiger partial charge in [-0.15, -0.1) is 0 Å². The molecule has 0 unspecified atom stereocenters. The highest BCUT2D eigenvalue weighted by Gasteiger charge is 2.21. The fourth-order valence-corrected chi connectivity index (χ4v) is 10.4. The molecule has 13 rings (SSSR count). The van der Waals surface area contributed by atoms with Gasteiger partial charge in [-0.3, -0.25) is 0 Å². The van der Waals surface area contributed by atoms with E-state index in [2.05, 4.69) is 298 Å². The Labute approximate surface area is 407 Å². The summed E-state index contributed by atoms with van der Waals surface area (Å²) in [5.74, 6) is 0. The summed E-state index contributed by atoms with van der Waals surface area (Å²) in [6, 6.07) is 101. The first kappa shape index (κ1) is 40.9. The van der Waals surface area contributed by atoms with Crippen molar-refractivity contribution in [1.29, 1.82) is 0 Å². The van der Waals surface area contributed by atoms with Gasteiger partial charge >= 0.3 is 0 Å². The molecule has 4 nitrogen and oxygen atoms in total. The number of hydrogen-bond acceptors (Lipinski definition) is 2. The van der Waals surface area contributed by atoms with E-state index in [1.807, 2.05) is 0 Å². The third kappa shape index (κ3) is 7.18. The molecule has 0 atom stereocenters. The molecule has 0 aliphatic carbocycles. The van der Waals surface area contributed by atoms with E-state index >= 15 is 0 Å². The maximum Gasteiger partial charge on any atom is 0.0562 e. The molecule has 0 aliphatic rings. The molecule has 2 aromatic heterocycles. The number of nitrogens with zero attached hydrogens (tertiary/aromatic N) is 4. The van der Waals surface area contributed by atoms with Gasteiger partial charge in [0.05, 0.1) is 22.1 Å². The summed E-state index contributed by atoms with van der Waals surface area (Å²) < 4.78 is 4.87. The van der Waals surface area contributed by atoms with Crippen LogP contribution >= 0.6 is 0 Å². The van der Waals surface area contributed by atoms with Crippen molar-refractivity contribution in [2.75, 3.05) is 9.80 Å². The van der Waals surface area contributed by atoms with Gasteiger partial charge in [0.25, 0.3) is 0 Å². The van der Waals surface area contributed by atoms with E-state index in [-0.39, 0.29) is 0 Å². The van der Waals surface area contributed by atoms with Crippen molar-refractivity contribution in [3.8, 4) is 33.6 Å². The number of fused-ring (bicyclic) bond motifs is 6. The first-order chi connectivity index (χ1) is 34.7. The zero-order chi connectivity index (χ0) is 46.4. The van der Waals surface area contributed by atoms with E-state index in [0.717, 1.165) is 56.6 Å². The van der Waals surface area contributed by atoms with Crippen molar-refractivity contribution in [2.24, 2.45) is 0 Å². The van der Waals surface area contributed by atoms with Crippen LogP contribution in [0.4, 0.5) is 34.1 Å². The van der Waals surface area contributed by atoms with Gasteiger partial charge in [-0.2, -0.15) is 0 Å². The molecule has 0 radical (unpaired) electrons. The molecular weight excluding hydrogens is 849 g/mol. The predicted molar refractivity (Wildman–Crippen MR) is 295 cm³/mol. The largest absolute Gasteiger partial charge is 0.310 e. The summed E-state index contributed by atoms with van der Waals surface area (Å²) >= 11 is 0. The SMILES string of the molecule is c1ccc(-c2ccc(-n3c4ccccc4c4cc5c6ccccc6n(-c6ccc(-c7cc(N(c8ccccc8)c8ccccc8)cc(N(c8ccccc8)c8ccccc8)c7)cc6)c5cc43)cc2)cc1. The summed E-state index contributed by atoms with van der Waals surface area (Å²) in [6.07, 6.45) is 0. The zero-order valence-electron chi connectivity index (χ0n) is 38.3. The summed E-state index contributed by atoms with van der Waals surface area (Å²) in [5, 5.41) is 4.94. The summed E-state index contributed by atoms with van der Waals surface area (Å²) in [6.45, 7) is 0. The normalized spacial score (nSPS) is 11.4. The van der Waals surface area contributed by atoms with Crippen LogP contribution in [0.1, 0.15) is 0 Å². The monoisotopic (exact) mass is 894 g/mol. The molecule has 0 aliphatic heterocycles. The molecule has 0 N–H and O–H groups in total. The standard InChI is InChI=1S/C66H46N4/c1-6-20-47(21-7-1)48-34-38-55(39-35-48)69-63-32-18-16-30-59(63)61-45-62-60-31-17-19-33-64(60)70(66(62)46-65(61)69)56-40-36-49(37-41-56)50-42-57(67(51-22-8-2-9-23-51)52-24-10-3-11-25-52)44-58(43-50)68(53-26-12-4-13-27-53)54-28-14-5-15-29-54/h1-46H. The van der Waals surface area contributed by atoms with Crippen LogP contribution in [0.3, 0.4) is 0 Å². The molecular formula is C66H46N4. The first-order valence-electron chi connectivity index (χ1n) is 23.9. The Balaban J connectivity index is 0.982. The number of anilines is 6. The Morgan fingerprint density at radius 2 is 0.529 bits per heavy atom. The van der Waals surface area contributed by atoms with Crippen molar-refractivity contribution in [3.63, 3.8) is 0 Å². The van der Waals surface area contributed by atoms with Gasteiger partial charge in [0.15, 0.2) is 0 Å². The minimum Gasteiger partial charge on any atom is -0.310 e. The maximum atomic E-state index is 2.44. The second-order valence-corrected chi connectivity index (χ2v) is 17.8. The molecule has 4 heteroatoms. The van der Waals surface area contributed by atoms with E-state index in [4.69, 9.17) is 0 Å². The van der Waals surface area contributed by atoms with Crippen molar-refractivity contribution in [2.45, 2.75) is 0 Å². The Morgan fingerprint density at radius 3 is 0.929 bits per heavy atom. The quantitative estimate of drug-likeness (QED) is 0.136. The van der Waals surface area contributed by atoms with Crippen LogP contribution < -0.4 is 9.80 Å². The highest BCUT2D eigenvalue weighted by atomic mass is 15.2. The van der Waals surface area contributed by atoms with Crippen molar-refractivity contribution in [1.82, 2.24) is 9.13 Å². The van der Waals surface area contributed by atoms with Crippen LogP contribution in [0.2, 0.25) is 0 Å². The maximum absolute atomic E-state index is 2.44. The van der Waals surface area contributed by atoms with Crippen molar-refractivity contribution < 1.29 is 0 Å². The van der Waals surface area contributed by atoms with Crippen LogP contribution in [0, 0.1) is 0 Å². The number of aromatic nitrogens is 2. The lowest BCUT2D eigenvalue weighted by Crippen LogP contribution is -2.13. The Kier molecular flexibility index (Phi) is 10.1. The Morgan fingerprint density at radius 1 is 0.200 bits per heavy atom. The van der Waals surface area contributed by atoms with Gasteiger partial charge in [0.2, 0.25) is 0 Å². The zero-order valence-corrected chi connectivity index (χ0v) is 38.3. The lowest BCUT2D eigenvalue weighted by molar-refractivity contribution is 1.16. The van der Waals surface area contributed by atoms with E-state index in [1.165, 1.54) is 54.7 Å². The van der Waals surface area contributed by atoms with Gasteiger partial charge in [-0.25, -0.2) is 0 Å². The molecule has 70 heavy (non-hydrogen) atoms. The molecule has 2 heterocycles. The summed E-state index contributed by atoms with van der Waals surface area (Å²) in [4.78, 5) is 4.70. The van der Waals surface area contributed by atoms with Gasteiger partial charge in [-0.05, 0) is 138 Å². The Hall–Kier alpha value is -9.38. The molecule has 11 aromatic carbocycles. The lowest BCUT2D eigenvalue weighted by Gasteiger charge is -2.30. The summed E-state index contributed by atoms with van der Waals surface area (Å²) in [5.41, 5.74) is 18.0. The van der Waals surface area contributed by atoms with Crippen LogP contribution in [0.25, 0.3) is 77.2 Å². The van der Waals surface area contributed by atoms with Crippen LogP contribution in [-0.2, 0) is 0 Å². The van der Waals surface area contributed by atoms with E-state index < -0.39 is 0 Å². The fourth-order valence-electron chi connectivity index (χ4n) is 10.4. The van der Waals surface area contributed by atoms with Crippen LogP contribution in [-0.4, -0.2) is 9.13 Å². The molecule has 330 valence electrons. The average Bonchev–Trinajstić information content (AvgIpc) is 3.93. The second kappa shape index (κ2) is 17.4. The van der Waals surface area contributed by atoms with Crippen LogP contribution in [0.15, 0.2) is 279 Å². The van der Waals surface area contributed by atoms with Crippen molar-refractivity contribution in [3.05, 3.63) is 279 Å². The fraction of sp³-hybridized carbons (Fsp3) is 0. The van der Waals surface area contributed by atoms with Gasteiger partial charge in [0, 0.05) is 67.0 Å². The average molecular weight is 895 g/mol. The molecule has 13 aromatic rings. The van der Waals surface area contributed by atoms with Crippen molar-refractivity contribution >= 4 is 77.7 Å². The highest BCUT2D eigenvalue weighted by molar-refractivity contribution is 6.19. The molecule has 0 spiro atoms. The number of benzene rings is 11. The molecule has 0 fully saturated rings. The van der Waals surface area contributed by atoms with Gasteiger partial charge < -0.3 is 18.9 Å². The molecule has 0 amide bonds. The topological polar surface area (TPSA) is 16.3 Å². The number of hydrogen-bond donors (Lipinski definition) is 0. The minimum absolute atomic E-state index is 1.06. The number of para-hydroxylation sites is 6. The van der Waals surface area contributed by atoms with E-state index in [9.17, 15) is 0 Å². The molecule has 0 saturated carbocycles. The number of rotatable bonds is 10. The second-order valence-electron chi connectivity index (χ2n) is 17.8. The highest BCUT2D eigenvalue weighted by Crippen LogP contribution is 2.44. The predicted octanol–water partition coefficient (Wildman–Crippen LogP) is 18.2. The molecule has 0 bridgehead atoms. The smallest absolute Gasteiger partial charge is 0.0562 e. The lowest BCUT2D eigenvalue weighted by atomic mass is 10.0. The van der Waals surface area contributed by atoms with Gasteiger partial charge in [-0.1, -0.05) is 164 Å². The van der Waals surface area contributed by atoms with Crippen LogP contribution in [0.5, 0.6) is 0 Å². The van der Waals surface area contributed by atoms with E-state index in [1.54, 1.807) is 0 Å².